The van der Waals surface area contributed by atoms with Crippen molar-refractivity contribution in [2.24, 2.45) is 11.8 Å². The van der Waals surface area contributed by atoms with Crippen LogP contribution in [0.25, 0.3) is 0 Å². The molecular formula is C17H17FN2O3S. The van der Waals surface area contributed by atoms with Crippen LogP contribution in [0.5, 0.6) is 0 Å². The Bertz CT molecular complexity index is 777. The summed E-state index contributed by atoms with van der Waals surface area (Å²) in [7, 11) is 0. The first kappa shape index (κ1) is 16.6. The lowest BCUT2D eigenvalue weighted by Gasteiger charge is -2.13. The number of likely N-dealkylation sites (tertiary alicyclic amines) is 1. The number of aromatic nitrogens is 1. The van der Waals surface area contributed by atoms with Crippen LogP contribution < -0.4 is 0 Å². The van der Waals surface area contributed by atoms with E-state index in [0.717, 1.165) is 0 Å². The summed E-state index contributed by atoms with van der Waals surface area (Å²) < 4.78 is 13.7. The van der Waals surface area contributed by atoms with E-state index in [-0.39, 0.29) is 24.2 Å². The van der Waals surface area contributed by atoms with Gasteiger partial charge in [0, 0.05) is 24.9 Å². The fourth-order valence-electron chi connectivity index (χ4n) is 2.91. The Morgan fingerprint density at radius 1 is 1.38 bits per heavy atom. The van der Waals surface area contributed by atoms with Crippen molar-refractivity contribution in [3.8, 4) is 0 Å². The highest BCUT2D eigenvalue weighted by molar-refractivity contribution is 7.09. The van der Waals surface area contributed by atoms with E-state index in [1.165, 1.54) is 22.3 Å². The number of halogens is 1. The molecule has 1 aliphatic heterocycles. The quantitative estimate of drug-likeness (QED) is 0.922. The highest BCUT2D eigenvalue weighted by atomic mass is 32.1. The molecule has 0 bridgehead atoms. The molecule has 2 heterocycles. The number of rotatable bonds is 4. The van der Waals surface area contributed by atoms with Gasteiger partial charge in [-0.3, -0.25) is 9.59 Å². The average molecular weight is 348 g/mol. The highest BCUT2D eigenvalue weighted by Gasteiger charge is 2.37. The van der Waals surface area contributed by atoms with Crippen molar-refractivity contribution < 1.29 is 19.1 Å². The third kappa shape index (κ3) is 3.31. The molecule has 1 N–H and O–H groups in total. The van der Waals surface area contributed by atoms with Crippen LogP contribution in [-0.4, -0.2) is 40.0 Å². The van der Waals surface area contributed by atoms with Gasteiger partial charge in [0.05, 0.1) is 10.9 Å². The second kappa shape index (κ2) is 6.68. The lowest BCUT2D eigenvalue weighted by atomic mass is 9.99. The number of benzene rings is 1. The third-order valence-electron chi connectivity index (χ3n) is 4.29. The highest BCUT2D eigenvalue weighted by Crippen LogP contribution is 2.25. The standard InChI is InChI=1S/C17H17FN2O3S/c1-10-7-20(8-12(10)17(22)23)16(21)14-9-24-15(19-14)6-11-4-2-3-5-13(11)18/h2-5,9-10,12H,6-8H2,1H3,(H,22,23)/t10-,12-/m1/s1. The monoisotopic (exact) mass is 348 g/mol. The topological polar surface area (TPSA) is 70.5 Å². The van der Waals surface area contributed by atoms with Gasteiger partial charge in [-0.1, -0.05) is 25.1 Å². The van der Waals surface area contributed by atoms with Crippen LogP contribution in [0.3, 0.4) is 0 Å². The van der Waals surface area contributed by atoms with Crippen molar-refractivity contribution in [2.45, 2.75) is 13.3 Å². The number of carboxylic acids is 1. The van der Waals surface area contributed by atoms with Crippen LogP contribution in [0.1, 0.15) is 28.0 Å². The summed E-state index contributed by atoms with van der Waals surface area (Å²) >= 11 is 1.31. The molecule has 5 nitrogen and oxygen atoms in total. The number of amides is 1. The summed E-state index contributed by atoms with van der Waals surface area (Å²) in [6.45, 7) is 2.45. The van der Waals surface area contributed by atoms with Gasteiger partial charge in [-0.05, 0) is 17.5 Å². The number of thiazole rings is 1. The minimum Gasteiger partial charge on any atom is -0.481 e. The van der Waals surface area contributed by atoms with Crippen molar-refractivity contribution in [3.05, 3.63) is 51.7 Å². The van der Waals surface area contributed by atoms with Crippen LogP contribution in [0.2, 0.25) is 0 Å². The maximum Gasteiger partial charge on any atom is 0.308 e. The van der Waals surface area contributed by atoms with Gasteiger partial charge in [0.1, 0.15) is 11.5 Å². The summed E-state index contributed by atoms with van der Waals surface area (Å²) in [5.41, 5.74) is 0.830. The van der Waals surface area contributed by atoms with Crippen molar-refractivity contribution in [2.75, 3.05) is 13.1 Å². The van der Waals surface area contributed by atoms with E-state index in [2.05, 4.69) is 4.98 Å². The zero-order valence-corrected chi connectivity index (χ0v) is 13.9. The molecule has 1 amide bonds. The van der Waals surface area contributed by atoms with Crippen LogP contribution in [0.4, 0.5) is 4.39 Å². The number of carboxylic acid groups (broad SMARTS) is 1. The molecule has 7 heteroatoms. The predicted molar refractivity (Wildman–Crippen MR) is 87.5 cm³/mol. The van der Waals surface area contributed by atoms with Crippen LogP contribution in [0.15, 0.2) is 29.6 Å². The molecule has 2 aromatic rings. The number of carbonyl (C=O) groups excluding carboxylic acids is 1. The van der Waals surface area contributed by atoms with E-state index in [1.807, 2.05) is 6.92 Å². The lowest BCUT2D eigenvalue weighted by Crippen LogP contribution is -2.30. The third-order valence-corrected chi connectivity index (χ3v) is 5.14. The minimum atomic E-state index is -0.878. The molecular weight excluding hydrogens is 331 g/mol. The van der Waals surface area contributed by atoms with E-state index < -0.39 is 11.9 Å². The fourth-order valence-corrected chi connectivity index (χ4v) is 3.70. The van der Waals surface area contributed by atoms with Gasteiger partial charge in [0.15, 0.2) is 0 Å². The van der Waals surface area contributed by atoms with Crippen molar-refractivity contribution in [3.63, 3.8) is 0 Å². The fraction of sp³-hybridized carbons (Fsp3) is 0.353. The predicted octanol–water partition coefficient (Wildman–Crippen LogP) is 2.67. The zero-order valence-electron chi connectivity index (χ0n) is 13.1. The number of carbonyl (C=O) groups is 2. The molecule has 0 spiro atoms. The Morgan fingerprint density at radius 3 is 2.79 bits per heavy atom. The first-order valence-electron chi connectivity index (χ1n) is 7.65. The number of aliphatic carboxylic acids is 1. The summed E-state index contributed by atoms with van der Waals surface area (Å²) in [4.78, 5) is 29.5. The Balaban J connectivity index is 1.71. The van der Waals surface area contributed by atoms with Crippen molar-refractivity contribution in [1.29, 1.82) is 0 Å². The maximum absolute atomic E-state index is 13.7. The number of hydrogen-bond acceptors (Lipinski definition) is 4. The normalized spacial score (nSPS) is 20.3. The average Bonchev–Trinajstić information content (AvgIpc) is 3.16. The van der Waals surface area contributed by atoms with Crippen molar-refractivity contribution >= 4 is 23.2 Å². The molecule has 1 aromatic carbocycles. The van der Waals surface area contributed by atoms with E-state index in [9.17, 15) is 14.0 Å². The molecule has 0 radical (unpaired) electrons. The van der Waals surface area contributed by atoms with Gasteiger partial charge >= 0.3 is 5.97 Å². The smallest absolute Gasteiger partial charge is 0.308 e. The molecule has 1 fully saturated rings. The second-order valence-corrected chi connectivity index (χ2v) is 6.97. The van der Waals surface area contributed by atoms with Crippen molar-refractivity contribution in [1.82, 2.24) is 9.88 Å². The largest absolute Gasteiger partial charge is 0.481 e. The van der Waals surface area contributed by atoms with Gasteiger partial charge in [0.2, 0.25) is 0 Å². The SMILES string of the molecule is C[C@@H]1CN(C(=O)c2csc(Cc3ccccc3F)n2)C[C@H]1C(=O)O. The van der Waals surface area contributed by atoms with Crippen LogP contribution in [-0.2, 0) is 11.2 Å². The van der Waals surface area contributed by atoms with E-state index in [0.29, 0.717) is 29.2 Å². The van der Waals surface area contributed by atoms with Gasteiger partial charge in [-0.2, -0.15) is 0 Å². The Kier molecular flexibility index (Phi) is 4.62. The number of hydrogen-bond donors (Lipinski definition) is 1. The minimum absolute atomic E-state index is 0.0806. The van der Waals surface area contributed by atoms with Gasteiger partial charge in [-0.15, -0.1) is 11.3 Å². The number of nitrogens with zero attached hydrogens (tertiary/aromatic N) is 2. The van der Waals surface area contributed by atoms with Gasteiger partial charge in [0.25, 0.3) is 5.91 Å². The molecule has 126 valence electrons. The molecule has 24 heavy (non-hydrogen) atoms. The molecule has 2 atom stereocenters. The maximum atomic E-state index is 13.7. The first-order chi connectivity index (χ1) is 11.5. The van der Waals surface area contributed by atoms with Gasteiger partial charge < -0.3 is 10.0 Å². The van der Waals surface area contributed by atoms with Crippen LogP contribution in [0, 0.1) is 17.7 Å². The molecule has 1 aromatic heterocycles. The van der Waals surface area contributed by atoms with Gasteiger partial charge in [-0.25, -0.2) is 9.37 Å². The zero-order chi connectivity index (χ0) is 17.3. The van der Waals surface area contributed by atoms with E-state index in [1.54, 1.807) is 23.6 Å². The summed E-state index contributed by atoms with van der Waals surface area (Å²) in [5.74, 6) is -2.05. The molecule has 0 unspecified atom stereocenters. The molecule has 0 saturated carbocycles. The van der Waals surface area contributed by atoms with Crippen LogP contribution >= 0.6 is 11.3 Å². The van der Waals surface area contributed by atoms with E-state index in [4.69, 9.17) is 5.11 Å². The molecule has 1 aliphatic rings. The van der Waals surface area contributed by atoms with E-state index >= 15 is 0 Å². The molecule has 3 rings (SSSR count). The summed E-state index contributed by atoms with van der Waals surface area (Å²) in [6.07, 6.45) is 0.332. The Hall–Kier alpha value is -2.28. The Morgan fingerprint density at radius 2 is 2.12 bits per heavy atom. The molecule has 1 saturated heterocycles. The summed E-state index contributed by atoms with van der Waals surface area (Å²) in [5, 5.41) is 11.5. The first-order valence-corrected chi connectivity index (χ1v) is 8.53. The Labute approximate surface area is 142 Å². The second-order valence-electron chi connectivity index (χ2n) is 6.03. The molecule has 0 aliphatic carbocycles. The summed E-state index contributed by atoms with van der Waals surface area (Å²) in [6, 6.07) is 6.48. The lowest BCUT2D eigenvalue weighted by molar-refractivity contribution is -0.142.